The largest absolute Gasteiger partial charge is 0.478 e. The van der Waals surface area contributed by atoms with Gasteiger partial charge in [-0.15, -0.1) is 0 Å². The molecule has 98 valence electrons. The number of nitrogens with two attached hydrogens (primary N) is 1. The zero-order valence-electron chi connectivity index (χ0n) is 10.4. The molecule has 1 aliphatic heterocycles. The summed E-state index contributed by atoms with van der Waals surface area (Å²) in [7, 11) is 0. The molecule has 5 heteroatoms. The highest BCUT2D eigenvalue weighted by atomic mass is 16.5. The average Bonchev–Trinajstić information content (AvgIpc) is 2.83. The summed E-state index contributed by atoms with van der Waals surface area (Å²) in [5.74, 6) is -1.00. The fourth-order valence-corrected chi connectivity index (χ4v) is 2.11. The van der Waals surface area contributed by atoms with Crippen molar-refractivity contribution in [3.05, 3.63) is 23.3 Å². The average molecular weight is 250 g/mol. The minimum Gasteiger partial charge on any atom is -0.478 e. The van der Waals surface area contributed by atoms with E-state index in [1.165, 1.54) is 0 Å². The Hall–Kier alpha value is -1.75. The Balaban J connectivity index is 2.10. The molecule has 1 saturated heterocycles. The number of hydrogen-bond acceptors (Lipinski definition) is 4. The molecule has 2 rings (SSSR count). The Morgan fingerprint density at radius 1 is 1.61 bits per heavy atom. The van der Waals surface area contributed by atoms with Gasteiger partial charge in [0.2, 0.25) is 0 Å². The highest BCUT2D eigenvalue weighted by Gasteiger charge is 2.16. The quantitative estimate of drug-likeness (QED) is 0.710. The van der Waals surface area contributed by atoms with Gasteiger partial charge in [0.1, 0.15) is 0 Å². The van der Waals surface area contributed by atoms with Crippen molar-refractivity contribution in [1.29, 1.82) is 0 Å². The fourth-order valence-electron chi connectivity index (χ4n) is 2.11. The standard InChI is InChI=1S/C13H18N2O3/c1-8-5-9(6-11(12(8)14)13(16)17)15-7-10-3-2-4-18-10/h5-6,10,15H,2-4,7,14H2,1H3,(H,16,17). The van der Waals surface area contributed by atoms with Gasteiger partial charge in [0, 0.05) is 24.5 Å². The first kappa shape index (κ1) is 12.7. The fraction of sp³-hybridized carbons (Fsp3) is 0.462. The summed E-state index contributed by atoms with van der Waals surface area (Å²) in [6.07, 6.45) is 2.36. The second-order valence-corrected chi connectivity index (χ2v) is 4.58. The molecular formula is C13H18N2O3. The van der Waals surface area contributed by atoms with Gasteiger partial charge >= 0.3 is 5.97 Å². The maximum Gasteiger partial charge on any atom is 0.337 e. The van der Waals surface area contributed by atoms with E-state index in [-0.39, 0.29) is 11.7 Å². The number of carboxylic acid groups (broad SMARTS) is 1. The third-order valence-corrected chi connectivity index (χ3v) is 3.18. The minimum absolute atomic E-state index is 0.143. The molecule has 1 unspecified atom stereocenters. The van der Waals surface area contributed by atoms with E-state index >= 15 is 0 Å². The number of anilines is 2. The second kappa shape index (κ2) is 5.27. The smallest absolute Gasteiger partial charge is 0.337 e. The first-order valence-electron chi connectivity index (χ1n) is 6.07. The number of nitrogens with one attached hydrogen (secondary N) is 1. The van der Waals surface area contributed by atoms with Gasteiger partial charge in [-0.05, 0) is 37.5 Å². The van der Waals surface area contributed by atoms with Crippen molar-refractivity contribution in [1.82, 2.24) is 0 Å². The summed E-state index contributed by atoms with van der Waals surface area (Å²) in [6, 6.07) is 3.43. The van der Waals surface area contributed by atoms with Gasteiger partial charge in [0.15, 0.2) is 0 Å². The van der Waals surface area contributed by atoms with Gasteiger partial charge in [0.25, 0.3) is 0 Å². The molecular weight excluding hydrogens is 232 g/mol. The number of carboxylic acids is 1. The van der Waals surface area contributed by atoms with Crippen LogP contribution in [0.15, 0.2) is 12.1 Å². The first-order chi connectivity index (χ1) is 8.58. The van der Waals surface area contributed by atoms with Crippen molar-refractivity contribution in [3.8, 4) is 0 Å². The third-order valence-electron chi connectivity index (χ3n) is 3.18. The summed E-state index contributed by atoms with van der Waals surface area (Å²) in [4.78, 5) is 11.1. The number of ether oxygens (including phenoxy) is 1. The minimum atomic E-state index is -1.00. The van der Waals surface area contributed by atoms with Gasteiger partial charge < -0.3 is 20.9 Å². The van der Waals surface area contributed by atoms with E-state index in [4.69, 9.17) is 15.6 Å². The zero-order valence-corrected chi connectivity index (χ0v) is 10.4. The predicted molar refractivity (Wildman–Crippen MR) is 70.0 cm³/mol. The van der Waals surface area contributed by atoms with Crippen molar-refractivity contribution in [2.45, 2.75) is 25.9 Å². The van der Waals surface area contributed by atoms with Crippen molar-refractivity contribution >= 4 is 17.3 Å². The SMILES string of the molecule is Cc1cc(NCC2CCCO2)cc(C(=O)O)c1N. The Bertz CT molecular complexity index is 454. The van der Waals surface area contributed by atoms with Gasteiger partial charge in [-0.25, -0.2) is 4.79 Å². The number of carbonyl (C=O) groups is 1. The first-order valence-corrected chi connectivity index (χ1v) is 6.07. The summed E-state index contributed by atoms with van der Waals surface area (Å²) in [5, 5.41) is 12.3. The lowest BCUT2D eigenvalue weighted by atomic mass is 10.1. The molecule has 1 fully saturated rings. The second-order valence-electron chi connectivity index (χ2n) is 4.58. The molecule has 5 nitrogen and oxygen atoms in total. The molecule has 1 aromatic carbocycles. The molecule has 0 radical (unpaired) electrons. The van der Waals surface area contributed by atoms with E-state index in [1.54, 1.807) is 13.0 Å². The molecule has 18 heavy (non-hydrogen) atoms. The van der Waals surface area contributed by atoms with Crippen LogP contribution in [0.5, 0.6) is 0 Å². The van der Waals surface area contributed by atoms with Gasteiger partial charge in [-0.1, -0.05) is 0 Å². The van der Waals surface area contributed by atoms with Crippen LogP contribution in [0, 0.1) is 6.92 Å². The van der Waals surface area contributed by atoms with Crippen molar-refractivity contribution < 1.29 is 14.6 Å². The summed E-state index contributed by atoms with van der Waals surface area (Å²) in [6.45, 7) is 3.31. The molecule has 0 amide bonds. The van der Waals surface area contributed by atoms with E-state index < -0.39 is 5.97 Å². The molecule has 1 aromatic rings. The van der Waals surface area contributed by atoms with Crippen molar-refractivity contribution in [2.24, 2.45) is 0 Å². The summed E-state index contributed by atoms with van der Waals surface area (Å²) in [5.41, 5.74) is 7.75. The van der Waals surface area contributed by atoms with E-state index in [0.717, 1.165) is 30.7 Å². The van der Waals surface area contributed by atoms with Crippen LogP contribution in [-0.2, 0) is 4.74 Å². The molecule has 0 aromatic heterocycles. The molecule has 1 atom stereocenters. The Morgan fingerprint density at radius 2 is 2.39 bits per heavy atom. The number of benzene rings is 1. The number of nitrogen functional groups attached to an aromatic ring is 1. The molecule has 0 aliphatic carbocycles. The Kier molecular flexibility index (Phi) is 3.72. The molecule has 0 spiro atoms. The van der Waals surface area contributed by atoms with E-state index in [2.05, 4.69) is 5.32 Å². The monoisotopic (exact) mass is 250 g/mol. The lowest BCUT2D eigenvalue weighted by Crippen LogP contribution is -2.18. The third kappa shape index (κ3) is 2.73. The van der Waals surface area contributed by atoms with Crippen LogP contribution in [0.4, 0.5) is 11.4 Å². The highest BCUT2D eigenvalue weighted by molar-refractivity contribution is 5.95. The van der Waals surface area contributed by atoms with E-state index in [1.807, 2.05) is 6.07 Å². The summed E-state index contributed by atoms with van der Waals surface area (Å²) < 4.78 is 5.50. The number of aromatic carboxylic acids is 1. The maximum absolute atomic E-state index is 11.1. The van der Waals surface area contributed by atoms with E-state index in [0.29, 0.717) is 12.2 Å². The van der Waals surface area contributed by atoms with Crippen LogP contribution in [0.25, 0.3) is 0 Å². The lowest BCUT2D eigenvalue weighted by molar-refractivity contribution is 0.0698. The summed E-state index contributed by atoms with van der Waals surface area (Å²) >= 11 is 0. The normalized spacial score (nSPS) is 18.8. The lowest BCUT2D eigenvalue weighted by Gasteiger charge is -2.14. The van der Waals surface area contributed by atoms with Crippen molar-refractivity contribution in [3.63, 3.8) is 0 Å². The van der Waals surface area contributed by atoms with Crippen LogP contribution in [-0.4, -0.2) is 30.3 Å². The topological polar surface area (TPSA) is 84.6 Å². The van der Waals surface area contributed by atoms with Crippen LogP contribution >= 0.6 is 0 Å². The highest BCUT2D eigenvalue weighted by Crippen LogP contribution is 2.23. The number of aryl methyl sites for hydroxylation is 1. The van der Waals surface area contributed by atoms with E-state index in [9.17, 15) is 4.79 Å². The zero-order chi connectivity index (χ0) is 13.1. The Morgan fingerprint density at radius 3 is 3.00 bits per heavy atom. The molecule has 4 N–H and O–H groups in total. The van der Waals surface area contributed by atoms with Crippen LogP contribution in [0.2, 0.25) is 0 Å². The van der Waals surface area contributed by atoms with Crippen LogP contribution in [0.3, 0.4) is 0 Å². The number of hydrogen-bond donors (Lipinski definition) is 3. The molecule has 0 bridgehead atoms. The molecule has 1 heterocycles. The van der Waals surface area contributed by atoms with Gasteiger partial charge in [0.05, 0.1) is 11.7 Å². The Labute approximate surface area is 106 Å². The van der Waals surface area contributed by atoms with Gasteiger partial charge in [-0.2, -0.15) is 0 Å². The molecule has 0 saturated carbocycles. The van der Waals surface area contributed by atoms with Crippen molar-refractivity contribution in [2.75, 3.05) is 24.2 Å². The molecule has 1 aliphatic rings. The van der Waals surface area contributed by atoms with Crippen LogP contribution in [0.1, 0.15) is 28.8 Å². The predicted octanol–water partition coefficient (Wildman–Crippen LogP) is 1.87. The number of rotatable bonds is 4. The van der Waals surface area contributed by atoms with Crippen LogP contribution < -0.4 is 11.1 Å². The van der Waals surface area contributed by atoms with Gasteiger partial charge in [-0.3, -0.25) is 0 Å². The maximum atomic E-state index is 11.1.